The van der Waals surface area contributed by atoms with E-state index in [4.69, 9.17) is 0 Å². The molecule has 0 aliphatic carbocycles. The molecule has 0 saturated heterocycles. The first-order valence-corrected chi connectivity index (χ1v) is 8.12. The molecule has 24 heavy (non-hydrogen) atoms. The second kappa shape index (κ2) is 6.43. The van der Waals surface area contributed by atoms with Crippen LogP contribution in [0.3, 0.4) is 0 Å². The maximum atomic E-state index is 12.8. The quantitative estimate of drug-likeness (QED) is 0.774. The van der Waals surface area contributed by atoms with E-state index in [0.717, 1.165) is 33.5 Å². The van der Waals surface area contributed by atoms with Gasteiger partial charge in [-0.25, -0.2) is 0 Å². The fourth-order valence-electron chi connectivity index (χ4n) is 2.91. The molecule has 0 spiro atoms. The number of aromatic amines is 1. The standard InChI is InChI=1S/C19H22N4O/c1-11-5-6-18-16(7-11)17(10-13(3)20-18)19(24)21-12(2)8-15-9-14(4)22-23-15/h5-7,9-10,12H,8H2,1-4H3,(H,21,24)(H,22,23)/t12-/m1/s1. The van der Waals surface area contributed by atoms with Gasteiger partial charge in [-0.3, -0.25) is 14.9 Å². The third-order valence-electron chi connectivity index (χ3n) is 3.99. The largest absolute Gasteiger partial charge is 0.349 e. The number of aromatic nitrogens is 3. The molecule has 124 valence electrons. The van der Waals surface area contributed by atoms with Crippen LogP contribution in [-0.2, 0) is 6.42 Å². The highest BCUT2D eigenvalue weighted by Crippen LogP contribution is 2.20. The number of carbonyl (C=O) groups excluding carboxylic acids is 1. The molecule has 0 unspecified atom stereocenters. The Labute approximate surface area is 141 Å². The summed E-state index contributed by atoms with van der Waals surface area (Å²) in [7, 11) is 0. The number of carbonyl (C=O) groups is 1. The Morgan fingerprint density at radius 1 is 1.21 bits per heavy atom. The van der Waals surface area contributed by atoms with Gasteiger partial charge in [-0.2, -0.15) is 5.10 Å². The van der Waals surface area contributed by atoms with Crippen LogP contribution in [0.5, 0.6) is 0 Å². The average molecular weight is 322 g/mol. The molecule has 1 atom stereocenters. The Kier molecular flexibility index (Phi) is 4.34. The first-order valence-electron chi connectivity index (χ1n) is 8.12. The third-order valence-corrected chi connectivity index (χ3v) is 3.99. The molecule has 0 aliphatic heterocycles. The lowest BCUT2D eigenvalue weighted by molar-refractivity contribution is 0.0941. The molecule has 0 aliphatic rings. The zero-order chi connectivity index (χ0) is 17.3. The number of aryl methyl sites for hydroxylation is 3. The first kappa shape index (κ1) is 16.2. The molecule has 5 nitrogen and oxygen atoms in total. The summed E-state index contributed by atoms with van der Waals surface area (Å²) in [5.74, 6) is -0.0733. The topological polar surface area (TPSA) is 70.7 Å². The lowest BCUT2D eigenvalue weighted by atomic mass is 10.0. The predicted octanol–water partition coefficient (Wildman–Crippen LogP) is 3.24. The number of rotatable bonds is 4. The molecular formula is C19H22N4O. The van der Waals surface area contributed by atoms with Crippen LogP contribution in [-0.4, -0.2) is 27.1 Å². The Morgan fingerprint density at radius 3 is 2.71 bits per heavy atom. The highest BCUT2D eigenvalue weighted by atomic mass is 16.1. The van der Waals surface area contributed by atoms with E-state index in [9.17, 15) is 4.79 Å². The third kappa shape index (κ3) is 3.45. The number of fused-ring (bicyclic) bond motifs is 1. The van der Waals surface area contributed by atoms with Crippen molar-refractivity contribution in [3.8, 4) is 0 Å². The van der Waals surface area contributed by atoms with Crippen molar-refractivity contribution in [2.75, 3.05) is 0 Å². The fraction of sp³-hybridized carbons (Fsp3) is 0.316. The molecule has 3 rings (SSSR count). The summed E-state index contributed by atoms with van der Waals surface area (Å²) in [5.41, 5.74) is 5.45. The Hall–Kier alpha value is -2.69. The molecular weight excluding hydrogens is 300 g/mol. The zero-order valence-corrected chi connectivity index (χ0v) is 14.5. The van der Waals surface area contributed by atoms with Crippen molar-refractivity contribution in [3.63, 3.8) is 0 Å². The molecule has 0 radical (unpaired) electrons. The number of benzene rings is 1. The number of nitrogens with one attached hydrogen (secondary N) is 2. The molecule has 2 N–H and O–H groups in total. The van der Waals surface area contributed by atoms with Crippen molar-refractivity contribution < 1.29 is 4.79 Å². The molecule has 1 aromatic carbocycles. The van der Waals surface area contributed by atoms with E-state index >= 15 is 0 Å². The smallest absolute Gasteiger partial charge is 0.252 e. The number of H-pyrrole nitrogens is 1. The Morgan fingerprint density at radius 2 is 2.00 bits per heavy atom. The van der Waals surface area contributed by atoms with Gasteiger partial charge in [0.25, 0.3) is 5.91 Å². The van der Waals surface area contributed by atoms with Crippen LogP contribution >= 0.6 is 0 Å². The molecule has 0 fully saturated rings. The molecule has 2 heterocycles. The van der Waals surface area contributed by atoms with E-state index in [-0.39, 0.29) is 11.9 Å². The van der Waals surface area contributed by atoms with Gasteiger partial charge in [0.15, 0.2) is 0 Å². The summed E-state index contributed by atoms with van der Waals surface area (Å²) in [6.07, 6.45) is 0.692. The van der Waals surface area contributed by atoms with Crippen LogP contribution in [0.4, 0.5) is 0 Å². The second-order valence-corrected chi connectivity index (χ2v) is 6.45. The lowest BCUT2D eigenvalue weighted by Crippen LogP contribution is -2.34. The molecule has 1 amide bonds. The van der Waals surface area contributed by atoms with Gasteiger partial charge >= 0.3 is 0 Å². The van der Waals surface area contributed by atoms with Crippen molar-refractivity contribution in [2.24, 2.45) is 0 Å². The van der Waals surface area contributed by atoms with Gasteiger partial charge < -0.3 is 5.32 Å². The van der Waals surface area contributed by atoms with E-state index in [2.05, 4.69) is 20.5 Å². The Bertz CT molecular complexity index is 898. The van der Waals surface area contributed by atoms with Crippen LogP contribution in [0.15, 0.2) is 30.3 Å². The van der Waals surface area contributed by atoms with Crippen LogP contribution in [0.2, 0.25) is 0 Å². The summed E-state index contributed by atoms with van der Waals surface area (Å²) in [6.45, 7) is 7.88. The van der Waals surface area contributed by atoms with Gasteiger partial charge in [0.2, 0.25) is 0 Å². The van der Waals surface area contributed by atoms with Crippen LogP contribution in [0.25, 0.3) is 10.9 Å². The van der Waals surface area contributed by atoms with Crippen molar-refractivity contribution in [3.05, 3.63) is 58.5 Å². The summed E-state index contributed by atoms with van der Waals surface area (Å²) in [4.78, 5) is 17.3. The number of hydrogen-bond acceptors (Lipinski definition) is 3. The fourth-order valence-corrected chi connectivity index (χ4v) is 2.91. The summed E-state index contributed by atoms with van der Waals surface area (Å²) in [6, 6.07) is 9.83. The molecule has 2 aromatic heterocycles. The monoisotopic (exact) mass is 322 g/mol. The van der Waals surface area contributed by atoms with Gasteiger partial charge in [0, 0.05) is 29.2 Å². The highest BCUT2D eigenvalue weighted by molar-refractivity contribution is 6.06. The van der Waals surface area contributed by atoms with Crippen molar-refractivity contribution in [2.45, 2.75) is 40.2 Å². The van der Waals surface area contributed by atoms with Crippen LogP contribution in [0.1, 0.15) is 39.9 Å². The summed E-state index contributed by atoms with van der Waals surface area (Å²) < 4.78 is 0. The van der Waals surface area contributed by atoms with Gasteiger partial charge in [-0.05, 0) is 52.0 Å². The second-order valence-electron chi connectivity index (χ2n) is 6.45. The van der Waals surface area contributed by atoms with Gasteiger partial charge in [0.05, 0.1) is 16.8 Å². The van der Waals surface area contributed by atoms with E-state index in [0.29, 0.717) is 12.0 Å². The highest BCUT2D eigenvalue weighted by Gasteiger charge is 2.15. The molecule has 5 heteroatoms. The number of hydrogen-bond donors (Lipinski definition) is 2. The number of nitrogens with zero attached hydrogens (tertiary/aromatic N) is 2. The minimum Gasteiger partial charge on any atom is -0.349 e. The minimum atomic E-state index is -0.0733. The molecule has 0 bridgehead atoms. The first-order chi connectivity index (χ1) is 11.4. The maximum absolute atomic E-state index is 12.8. The van der Waals surface area contributed by atoms with Gasteiger partial charge in [-0.1, -0.05) is 11.6 Å². The van der Waals surface area contributed by atoms with Crippen molar-refractivity contribution in [1.29, 1.82) is 0 Å². The van der Waals surface area contributed by atoms with Crippen LogP contribution < -0.4 is 5.32 Å². The van der Waals surface area contributed by atoms with Crippen molar-refractivity contribution in [1.82, 2.24) is 20.5 Å². The average Bonchev–Trinajstić information content (AvgIpc) is 2.91. The predicted molar refractivity (Wildman–Crippen MR) is 95.2 cm³/mol. The molecule has 0 saturated carbocycles. The van der Waals surface area contributed by atoms with E-state index in [1.165, 1.54) is 0 Å². The minimum absolute atomic E-state index is 0.00599. The van der Waals surface area contributed by atoms with E-state index in [1.807, 2.05) is 58.0 Å². The number of pyridine rings is 1. The maximum Gasteiger partial charge on any atom is 0.252 e. The van der Waals surface area contributed by atoms with Crippen molar-refractivity contribution >= 4 is 16.8 Å². The summed E-state index contributed by atoms with van der Waals surface area (Å²) in [5, 5.41) is 11.1. The van der Waals surface area contributed by atoms with E-state index in [1.54, 1.807) is 0 Å². The Balaban J connectivity index is 1.84. The van der Waals surface area contributed by atoms with Gasteiger partial charge in [0.1, 0.15) is 0 Å². The molecule has 3 aromatic rings. The SMILES string of the molecule is Cc1ccc2nc(C)cc(C(=O)N[C@H](C)Cc3cc(C)[nH]n3)c2c1. The van der Waals surface area contributed by atoms with E-state index < -0.39 is 0 Å². The van der Waals surface area contributed by atoms with Gasteiger partial charge in [-0.15, -0.1) is 0 Å². The van der Waals surface area contributed by atoms with Crippen LogP contribution in [0, 0.1) is 20.8 Å². The zero-order valence-electron chi connectivity index (χ0n) is 14.5. The normalized spacial score (nSPS) is 12.3. The summed E-state index contributed by atoms with van der Waals surface area (Å²) >= 11 is 0. The lowest BCUT2D eigenvalue weighted by Gasteiger charge is -2.14. The number of amides is 1.